The van der Waals surface area contributed by atoms with Gasteiger partial charge in [-0.05, 0) is 44.2 Å². The van der Waals surface area contributed by atoms with E-state index in [1.807, 2.05) is 23.1 Å². The Kier molecular flexibility index (Phi) is 4.53. The molecule has 0 spiro atoms. The van der Waals surface area contributed by atoms with Gasteiger partial charge in [0.1, 0.15) is 6.54 Å². The van der Waals surface area contributed by atoms with Crippen molar-refractivity contribution in [2.75, 3.05) is 19.6 Å². The van der Waals surface area contributed by atoms with Crippen molar-refractivity contribution >= 4 is 16.7 Å². The highest BCUT2D eigenvalue weighted by Gasteiger charge is 2.26. The quantitative estimate of drug-likeness (QED) is 0.893. The van der Waals surface area contributed by atoms with Gasteiger partial charge in [0.15, 0.2) is 0 Å². The van der Waals surface area contributed by atoms with Crippen molar-refractivity contribution in [3.8, 4) is 0 Å². The zero-order chi connectivity index (χ0) is 17.2. The molecule has 0 bridgehead atoms. The molecule has 2 aliphatic rings. The van der Waals surface area contributed by atoms with E-state index < -0.39 is 0 Å². The summed E-state index contributed by atoms with van der Waals surface area (Å²) in [6.07, 6.45) is 6.34. The minimum absolute atomic E-state index is 0.0177. The van der Waals surface area contributed by atoms with E-state index in [0.717, 1.165) is 43.8 Å². The van der Waals surface area contributed by atoms with E-state index in [1.54, 1.807) is 12.3 Å². The van der Waals surface area contributed by atoms with Crippen LogP contribution in [0.2, 0.25) is 0 Å². The molecule has 6 heteroatoms. The van der Waals surface area contributed by atoms with Gasteiger partial charge in [-0.2, -0.15) is 5.10 Å². The van der Waals surface area contributed by atoms with E-state index in [9.17, 15) is 9.59 Å². The van der Waals surface area contributed by atoms with E-state index in [0.29, 0.717) is 11.4 Å². The van der Waals surface area contributed by atoms with Crippen LogP contribution in [0.3, 0.4) is 0 Å². The number of aromatic nitrogens is 2. The van der Waals surface area contributed by atoms with Gasteiger partial charge in [-0.3, -0.25) is 9.59 Å². The van der Waals surface area contributed by atoms with Crippen LogP contribution >= 0.6 is 0 Å². The minimum atomic E-state index is -0.201. The maximum atomic E-state index is 12.5. The van der Waals surface area contributed by atoms with Gasteiger partial charge in [0.25, 0.3) is 5.56 Å². The van der Waals surface area contributed by atoms with Crippen molar-refractivity contribution in [1.29, 1.82) is 0 Å². The highest BCUT2D eigenvalue weighted by atomic mass is 16.2. The lowest BCUT2D eigenvalue weighted by molar-refractivity contribution is -0.133. The molecule has 132 valence electrons. The third-order valence-corrected chi connectivity index (χ3v) is 5.29. The molecular weight excluding hydrogens is 316 g/mol. The lowest BCUT2D eigenvalue weighted by atomic mass is 10.0. The molecule has 4 rings (SSSR count). The van der Waals surface area contributed by atoms with Crippen LogP contribution in [0.4, 0.5) is 0 Å². The molecule has 1 aromatic carbocycles. The molecule has 1 saturated carbocycles. The Morgan fingerprint density at radius 3 is 2.68 bits per heavy atom. The molecule has 0 atom stereocenters. The van der Waals surface area contributed by atoms with Crippen molar-refractivity contribution in [2.24, 2.45) is 5.92 Å². The number of carbonyl (C=O) groups is 1. The summed E-state index contributed by atoms with van der Waals surface area (Å²) in [7, 11) is 0. The Labute approximate surface area is 146 Å². The van der Waals surface area contributed by atoms with Crippen molar-refractivity contribution in [1.82, 2.24) is 20.0 Å². The van der Waals surface area contributed by atoms with Crippen molar-refractivity contribution in [3.63, 3.8) is 0 Å². The second-order valence-electron chi connectivity index (χ2n) is 7.20. The molecule has 2 heterocycles. The average Bonchev–Trinajstić information content (AvgIpc) is 3.47. The number of fused-ring (bicyclic) bond motifs is 1. The Morgan fingerprint density at radius 1 is 1.16 bits per heavy atom. The molecule has 1 aromatic heterocycles. The molecule has 1 aliphatic carbocycles. The summed E-state index contributed by atoms with van der Waals surface area (Å²) in [6.45, 7) is 2.64. The zero-order valence-electron chi connectivity index (χ0n) is 14.4. The summed E-state index contributed by atoms with van der Waals surface area (Å²) >= 11 is 0. The molecule has 2 aromatic rings. The fourth-order valence-electron chi connectivity index (χ4n) is 3.46. The van der Waals surface area contributed by atoms with E-state index >= 15 is 0 Å². The predicted octanol–water partition coefficient (Wildman–Crippen LogP) is 1.39. The molecule has 0 radical (unpaired) electrons. The lowest BCUT2D eigenvalue weighted by Crippen LogP contribution is -2.47. The summed E-state index contributed by atoms with van der Waals surface area (Å²) in [5.41, 5.74) is -0.201. The first-order chi connectivity index (χ1) is 12.2. The Morgan fingerprint density at radius 2 is 1.92 bits per heavy atom. The SMILES string of the molecule is O=C(Cn1ncc2ccccc2c1=O)N1CCC(NCC2CC2)CC1. The van der Waals surface area contributed by atoms with E-state index in [4.69, 9.17) is 0 Å². The summed E-state index contributed by atoms with van der Waals surface area (Å²) in [6, 6.07) is 7.86. The number of benzene rings is 1. The van der Waals surface area contributed by atoms with Crippen molar-refractivity contribution < 1.29 is 4.79 Å². The van der Waals surface area contributed by atoms with E-state index in [2.05, 4.69) is 10.4 Å². The minimum Gasteiger partial charge on any atom is -0.341 e. The first-order valence-corrected chi connectivity index (χ1v) is 9.17. The second-order valence-corrected chi connectivity index (χ2v) is 7.20. The largest absolute Gasteiger partial charge is 0.341 e. The van der Waals surface area contributed by atoms with Gasteiger partial charge < -0.3 is 10.2 Å². The fourth-order valence-corrected chi connectivity index (χ4v) is 3.46. The van der Waals surface area contributed by atoms with Crippen LogP contribution in [-0.4, -0.2) is 46.3 Å². The molecule has 25 heavy (non-hydrogen) atoms. The standard InChI is InChI=1S/C19H24N4O2/c24-18(22-9-7-16(8-10-22)20-11-14-5-6-14)13-23-19(25)17-4-2-1-3-15(17)12-21-23/h1-4,12,14,16,20H,5-11,13H2. The average molecular weight is 340 g/mol. The zero-order valence-corrected chi connectivity index (χ0v) is 14.4. The highest BCUT2D eigenvalue weighted by Crippen LogP contribution is 2.28. The normalized spacial score (nSPS) is 18.6. The maximum absolute atomic E-state index is 12.5. The smallest absolute Gasteiger partial charge is 0.275 e. The number of piperidine rings is 1. The Bertz CT molecular complexity index is 820. The van der Waals surface area contributed by atoms with Crippen LogP contribution in [0.25, 0.3) is 10.8 Å². The van der Waals surface area contributed by atoms with Gasteiger partial charge in [0, 0.05) is 24.5 Å². The van der Waals surface area contributed by atoms with Gasteiger partial charge in [-0.1, -0.05) is 18.2 Å². The highest BCUT2D eigenvalue weighted by molar-refractivity contribution is 5.81. The van der Waals surface area contributed by atoms with Crippen LogP contribution in [-0.2, 0) is 11.3 Å². The maximum Gasteiger partial charge on any atom is 0.275 e. The number of hydrogen-bond acceptors (Lipinski definition) is 4. The van der Waals surface area contributed by atoms with Crippen molar-refractivity contribution in [3.05, 3.63) is 40.8 Å². The summed E-state index contributed by atoms with van der Waals surface area (Å²) < 4.78 is 1.28. The first-order valence-electron chi connectivity index (χ1n) is 9.17. The van der Waals surface area contributed by atoms with Gasteiger partial charge >= 0.3 is 0 Å². The number of nitrogens with one attached hydrogen (secondary N) is 1. The molecule has 0 unspecified atom stereocenters. The molecule has 2 fully saturated rings. The molecule has 1 saturated heterocycles. The predicted molar refractivity (Wildman–Crippen MR) is 96.3 cm³/mol. The van der Waals surface area contributed by atoms with Crippen LogP contribution < -0.4 is 10.9 Å². The molecule has 1 aliphatic heterocycles. The molecule has 1 amide bonds. The number of amides is 1. The first kappa shape index (κ1) is 16.3. The second kappa shape index (κ2) is 6.96. The summed E-state index contributed by atoms with van der Waals surface area (Å²) in [5, 5.41) is 9.18. The number of carbonyl (C=O) groups excluding carboxylic acids is 1. The van der Waals surface area contributed by atoms with Gasteiger partial charge in [0.2, 0.25) is 5.91 Å². The summed E-state index contributed by atoms with van der Waals surface area (Å²) in [5.74, 6) is 0.857. The third kappa shape index (κ3) is 3.74. The Hall–Kier alpha value is -2.21. The number of hydrogen-bond donors (Lipinski definition) is 1. The number of nitrogens with zero attached hydrogens (tertiary/aromatic N) is 3. The monoisotopic (exact) mass is 340 g/mol. The number of likely N-dealkylation sites (tertiary alicyclic amines) is 1. The fraction of sp³-hybridized carbons (Fsp3) is 0.526. The summed E-state index contributed by atoms with van der Waals surface area (Å²) in [4.78, 5) is 26.9. The third-order valence-electron chi connectivity index (χ3n) is 5.29. The van der Waals surface area contributed by atoms with Crippen LogP contribution in [0.5, 0.6) is 0 Å². The van der Waals surface area contributed by atoms with E-state index in [1.165, 1.54) is 17.5 Å². The molecular formula is C19H24N4O2. The molecule has 6 nitrogen and oxygen atoms in total. The van der Waals surface area contributed by atoms with Gasteiger partial charge in [0.05, 0.1) is 11.6 Å². The molecule has 1 N–H and O–H groups in total. The van der Waals surface area contributed by atoms with Crippen LogP contribution in [0.15, 0.2) is 35.3 Å². The number of rotatable bonds is 5. The lowest BCUT2D eigenvalue weighted by Gasteiger charge is -2.32. The van der Waals surface area contributed by atoms with Gasteiger partial charge in [-0.25, -0.2) is 4.68 Å². The topological polar surface area (TPSA) is 67.2 Å². The van der Waals surface area contributed by atoms with Crippen LogP contribution in [0, 0.1) is 5.92 Å². The van der Waals surface area contributed by atoms with Crippen molar-refractivity contribution in [2.45, 2.75) is 38.3 Å². The van der Waals surface area contributed by atoms with Gasteiger partial charge in [-0.15, -0.1) is 0 Å². The van der Waals surface area contributed by atoms with E-state index in [-0.39, 0.29) is 18.0 Å². The van der Waals surface area contributed by atoms with Crippen LogP contribution in [0.1, 0.15) is 25.7 Å². The Balaban J connectivity index is 1.36.